The maximum absolute atomic E-state index is 11.5. The Morgan fingerprint density at radius 2 is 2.19 bits per heavy atom. The van der Waals surface area contributed by atoms with E-state index < -0.39 is 0 Å². The molecule has 2 heterocycles. The Balaban J connectivity index is 0.00000106. The highest BCUT2D eigenvalue weighted by Crippen LogP contribution is 2.11. The summed E-state index contributed by atoms with van der Waals surface area (Å²) in [6.45, 7) is 4.84. The van der Waals surface area contributed by atoms with E-state index in [1.54, 1.807) is 6.20 Å². The number of aromatic amines is 2. The zero-order valence-corrected chi connectivity index (χ0v) is 12.2. The van der Waals surface area contributed by atoms with Crippen LogP contribution in [-0.2, 0) is 11.3 Å². The lowest BCUT2D eigenvalue weighted by atomic mass is 10.1. The van der Waals surface area contributed by atoms with Crippen LogP contribution in [0.5, 0.6) is 0 Å². The molecular weight excluding hydrogens is 272 g/mol. The number of hydrogen-bond acceptors (Lipinski definition) is 5. The molecule has 7 heteroatoms. The normalized spacial score (nSPS) is 11.9. The first-order chi connectivity index (χ1) is 10.3. The van der Waals surface area contributed by atoms with E-state index in [1.165, 1.54) is 6.33 Å². The summed E-state index contributed by atoms with van der Waals surface area (Å²) in [5, 5.41) is 12.6. The fourth-order valence-electron chi connectivity index (χ4n) is 2.10. The Bertz CT molecular complexity index is 593. The van der Waals surface area contributed by atoms with Crippen LogP contribution < -0.4 is 10.9 Å². The highest BCUT2D eigenvalue weighted by Gasteiger charge is 2.10. The summed E-state index contributed by atoms with van der Waals surface area (Å²) in [7, 11) is 0. The van der Waals surface area contributed by atoms with Crippen LogP contribution >= 0.6 is 0 Å². The van der Waals surface area contributed by atoms with E-state index in [2.05, 4.69) is 27.2 Å². The monoisotopic (exact) mass is 294 g/mol. The molecule has 0 saturated heterocycles. The van der Waals surface area contributed by atoms with E-state index >= 15 is 0 Å². The Hall–Kier alpha value is -1.99. The molecule has 0 aliphatic carbocycles. The van der Waals surface area contributed by atoms with Crippen LogP contribution in [0.4, 0.5) is 0 Å². The molecule has 0 spiro atoms. The second-order valence-electron chi connectivity index (χ2n) is 4.67. The number of aliphatic hydroxyl groups is 1. The van der Waals surface area contributed by atoms with Gasteiger partial charge in [-0.2, -0.15) is 0 Å². The van der Waals surface area contributed by atoms with Gasteiger partial charge >= 0.3 is 0 Å². The van der Waals surface area contributed by atoms with Gasteiger partial charge in [0.1, 0.15) is 12.3 Å². The number of aliphatic hydroxyl groups excluding tert-OH is 1. The van der Waals surface area contributed by atoms with E-state index in [4.69, 9.17) is 4.79 Å². The maximum atomic E-state index is 11.5. The first kappa shape index (κ1) is 17.1. The summed E-state index contributed by atoms with van der Waals surface area (Å²) in [4.78, 5) is 29.2. The minimum Gasteiger partial charge on any atom is -0.395 e. The van der Waals surface area contributed by atoms with Crippen LogP contribution in [0.25, 0.3) is 11.0 Å². The number of rotatable bonds is 7. The number of carbonyl (C=O) groups excluding carboxylic acids is 1. The minimum atomic E-state index is -0.166. The second kappa shape index (κ2) is 9.04. The third-order valence-corrected chi connectivity index (χ3v) is 3.26. The summed E-state index contributed by atoms with van der Waals surface area (Å²) in [6, 6.07) is 0.0897. The highest BCUT2D eigenvalue weighted by molar-refractivity contribution is 5.77. The Morgan fingerprint density at radius 3 is 2.86 bits per heavy atom. The fourth-order valence-corrected chi connectivity index (χ4v) is 2.10. The number of fused-ring (bicyclic) bond motifs is 1. The molecule has 2 rings (SSSR count). The first-order valence-corrected chi connectivity index (χ1v) is 6.93. The van der Waals surface area contributed by atoms with Crippen molar-refractivity contribution in [3.05, 3.63) is 28.4 Å². The van der Waals surface area contributed by atoms with Crippen LogP contribution in [0, 0.1) is 0 Å². The number of hydrogen-bond donors (Lipinski definition) is 4. The molecule has 0 aromatic carbocycles. The van der Waals surface area contributed by atoms with Gasteiger partial charge in [-0.25, -0.2) is 4.98 Å². The molecular formula is C14H22N4O3. The van der Waals surface area contributed by atoms with E-state index in [0.29, 0.717) is 17.6 Å². The summed E-state index contributed by atoms with van der Waals surface area (Å²) < 4.78 is 0. The summed E-state index contributed by atoms with van der Waals surface area (Å²) in [6.07, 6.45) is 6.34. The molecule has 0 fully saturated rings. The zero-order chi connectivity index (χ0) is 15.7. The quantitative estimate of drug-likeness (QED) is 0.601. The Morgan fingerprint density at radius 1 is 1.43 bits per heavy atom. The number of unbranched alkanes of at least 4 members (excludes halogenated alkanes) is 1. The molecule has 21 heavy (non-hydrogen) atoms. The van der Waals surface area contributed by atoms with Gasteiger partial charge in [-0.05, 0) is 6.42 Å². The van der Waals surface area contributed by atoms with Gasteiger partial charge in [0.25, 0.3) is 5.56 Å². The Labute approximate surface area is 122 Å². The number of carbonyl (C=O) groups is 1. The van der Waals surface area contributed by atoms with Crippen LogP contribution in [0.2, 0.25) is 0 Å². The molecule has 7 nitrogen and oxygen atoms in total. The first-order valence-electron chi connectivity index (χ1n) is 6.93. The zero-order valence-electron chi connectivity index (χ0n) is 12.2. The SMILES string of the molecule is C=O.CCCC[C@H](CO)NCc1c[nH]c2c(=O)[nH]cnc12. The third kappa shape index (κ3) is 4.51. The molecule has 0 saturated carbocycles. The molecule has 116 valence electrons. The molecule has 0 aliphatic heterocycles. The van der Waals surface area contributed by atoms with E-state index in [9.17, 15) is 9.90 Å². The number of H-pyrrole nitrogens is 2. The molecule has 1 atom stereocenters. The molecule has 0 aliphatic rings. The van der Waals surface area contributed by atoms with Crippen molar-refractivity contribution in [2.24, 2.45) is 0 Å². The van der Waals surface area contributed by atoms with Crippen molar-refractivity contribution in [3.63, 3.8) is 0 Å². The van der Waals surface area contributed by atoms with Gasteiger partial charge in [0, 0.05) is 24.3 Å². The van der Waals surface area contributed by atoms with Gasteiger partial charge in [0.15, 0.2) is 0 Å². The maximum Gasteiger partial charge on any atom is 0.275 e. The number of aromatic nitrogens is 3. The van der Waals surface area contributed by atoms with Gasteiger partial charge in [-0.15, -0.1) is 0 Å². The van der Waals surface area contributed by atoms with E-state index in [-0.39, 0.29) is 18.2 Å². The molecule has 0 radical (unpaired) electrons. The average molecular weight is 294 g/mol. The van der Waals surface area contributed by atoms with Crippen LogP contribution in [0.1, 0.15) is 31.7 Å². The van der Waals surface area contributed by atoms with Gasteiger partial charge < -0.3 is 25.2 Å². The molecule has 0 unspecified atom stereocenters. The average Bonchev–Trinajstić information content (AvgIpc) is 2.94. The fraction of sp³-hybridized carbons (Fsp3) is 0.500. The predicted octanol–water partition coefficient (Wildman–Crippen LogP) is 0.707. The summed E-state index contributed by atoms with van der Waals surface area (Å²) in [5.41, 5.74) is 1.95. The summed E-state index contributed by atoms with van der Waals surface area (Å²) in [5.74, 6) is 0. The molecule has 2 aromatic heterocycles. The van der Waals surface area contributed by atoms with Crippen molar-refractivity contribution in [2.45, 2.75) is 38.8 Å². The van der Waals surface area contributed by atoms with Crippen LogP contribution in [0.3, 0.4) is 0 Å². The van der Waals surface area contributed by atoms with Crippen molar-refractivity contribution in [1.82, 2.24) is 20.3 Å². The van der Waals surface area contributed by atoms with E-state index in [1.807, 2.05) is 6.79 Å². The molecule has 2 aromatic rings. The topological polar surface area (TPSA) is 111 Å². The molecule has 0 amide bonds. The lowest BCUT2D eigenvalue weighted by Crippen LogP contribution is -2.31. The Kier molecular flexibility index (Phi) is 7.34. The van der Waals surface area contributed by atoms with Gasteiger partial charge in [0.05, 0.1) is 18.5 Å². The van der Waals surface area contributed by atoms with Gasteiger partial charge in [-0.3, -0.25) is 4.79 Å². The van der Waals surface area contributed by atoms with Crippen molar-refractivity contribution in [1.29, 1.82) is 0 Å². The minimum absolute atomic E-state index is 0.0897. The van der Waals surface area contributed by atoms with Crippen molar-refractivity contribution in [2.75, 3.05) is 6.61 Å². The smallest absolute Gasteiger partial charge is 0.275 e. The van der Waals surface area contributed by atoms with Crippen LogP contribution in [-0.4, -0.2) is 39.5 Å². The lowest BCUT2D eigenvalue weighted by Gasteiger charge is -2.15. The molecule has 4 N–H and O–H groups in total. The third-order valence-electron chi connectivity index (χ3n) is 3.26. The van der Waals surface area contributed by atoms with Gasteiger partial charge in [0.2, 0.25) is 0 Å². The van der Waals surface area contributed by atoms with Crippen LogP contribution in [0.15, 0.2) is 17.3 Å². The summed E-state index contributed by atoms with van der Waals surface area (Å²) >= 11 is 0. The van der Waals surface area contributed by atoms with E-state index in [0.717, 1.165) is 24.8 Å². The molecule has 0 bridgehead atoms. The number of nitrogens with one attached hydrogen (secondary N) is 3. The lowest BCUT2D eigenvalue weighted by molar-refractivity contribution is -0.0979. The van der Waals surface area contributed by atoms with Crippen molar-refractivity contribution < 1.29 is 9.90 Å². The van der Waals surface area contributed by atoms with Crippen molar-refractivity contribution in [3.8, 4) is 0 Å². The largest absolute Gasteiger partial charge is 0.395 e. The standard InChI is InChI=1S/C13H20N4O2.CH2O/c1-2-3-4-10(7-18)14-5-9-6-15-12-11(9)16-8-17-13(12)19;1-2/h6,8,10,14-15,18H,2-5,7H2,1H3,(H,16,17,19);1H2/t10-;/m1./s1. The predicted molar refractivity (Wildman–Crippen MR) is 81.1 cm³/mol. The highest BCUT2D eigenvalue weighted by atomic mass is 16.3. The number of nitrogens with zero attached hydrogens (tertiary/aromatic N) is 1. The second-order valence-corrected chi connectivity index (χ2v) is 4.67. The van der Waals surface area contributed by atoms with Gasteiger partial charge in [-0.1, -0.05) is 19.8 Å². The van der Waals surface area contributed by atoms with Crippen molar-refractivity contribution >= 4 is 17.8 Å².